The molecule has 0 aromatic heterocycles. The van der Waals surface area contributed by atoms with Crippen LogP contribution in [0.2, 0.25) is 0 Å². The molecule has 0 spiro atoms. The quantitative estimate of drug-likeness (QED) is 0.811. The fourth-order valence-electron chi connectivity index (χ4n) is 3.53. The first kappa shape index (κ1) is 19.8. The minimum Gasteiger partial charge on any atom is -0.208 e. The molecule has 146 valence electrons. The molecule has 7 nitrogen and oxygen atoms in total. The molecule has 1 aromatic carbocycles. The van der Waals surface area contributed by atoms with E-state index in [1.807, 2.05) is 0 Å². The lowest BCUT2D eigenvalue weighted by Crippen LogP contribution is -2.51. The van der Waals surface area contributed by atoms with Gasteiger partial charge in [-0.25, -0.2) is 13.1 Å². The normalized spacial score (nSPS) is 22.2. The van der Waals surface area contributed by atoms with Crippen molar-refractivity contribution in [3.8, 4) is 0 Å². The molecule has 0 unspecified atom stereocenters. The van der Waals surface area contributed by atoms with Crippen LogP contribution in [0.1, 0.15) is 38.5 Å². The van der Waals surface area contributed by atoms with Gasteiger partial charge in [-0.15, -0.1) is 0 Å². The van der Waals surface area contributed by atoms with Crippen LogP contribution in [0.15, 0.2) is 35.2 Å². The van der Waals surface area contributed by atoms with Crippen LogP contribution < -0.4 is 4.72 Å². The van der Waals surface area contributed by atoms with E-state index in [2.05, 4.69) is 4.72 Å². The number of hydrogen-bond acceptors (Lipinski definition) is 4. The van der Waals surface area contributed by atoms with Crippen molar-refractivity contribution in [2.24, 2.45) is 0 Å². The largest absolute Gasteiger partial charge is 0.281 e. The van der Waals surface area contributed by atoms with E-state index in [4.69, 9.17) is 0 Å². The molecule has 2 aliphatic rings. The predicted octanol–water partition coefficient (Wildman–Crippen LogP) is 1.55. The van der Waals surface area contributed by atoms with Crippen LogP contribution in [-0.2, 0) is 20.2 Å². The lowest BCUT2D eigenvalue weighted by Gasteiger charge is -2.34. The van der Waals surface area contributed by atoms with Crippen LogP contribution in [0.4, 0.5) is 0 Å². The summed E-state index contributed by atoms with van der Waals surface area (Å²) in [5.41, 5.74) is 0. The lowest BCUT2D eigenvalue weighted by atomic mass is 10.1. The Morgan fingerprint density at radius 3 is 1.88 bits per heavy atom. The van der Waals surface area contributed by atoms with Gasteiger partial charge in [-0.05, 0) is 37.8 Å². The molecule has 1 aromatic rings. The highest BCUT2D eigenvalue weighted by Crippen LogP contribution is 2.21. The Morgan fingerprint density at radius 2 is 1.31 bits per heavy atom. The number of rotatable bonds is 5. The number of sulfonamides is 1. The molecule has 0 amide bonds. The minimum atomic E-state index is -3.57. The third-order valence-corrected chi connectivity index (χ3v) is 8.62. The van der Waals surface area contributed by atoms with Gasteiger partial charge in [-0.2, -0.15) is 17.0 Å². The Kier molecular flexibility index (Phi) is 6.34. The van der Waals surface area contributed by atoms with Crippen molar-refractivity contribution in [2.75, 3.05) is 26.2 Å². The van der Waals surface area contributed by atoms with Crippen molar-refractivity contribution in [2.45, 2.75) is 49.5 Å². The second-order valence-electron chi connectivity index (χ2n) is 6.93. The standard InChI is InChI=1S/C17H27N3O4S2/c21-25(22,17-8-4-3-5-9-17)18-16-10-14-20(15-11-16)26(23,24)19-12-6-1-2-7-13-19/h3-5,8-9,16,18H,1-2,6-7,10-15H2. The summed E-state index contributed by atoms with van der Waals surface area (Å²) < 4.78 is 56.3. The van der Waals surface area contributed by atoms with Crippen LogP contribution >= 0.6 is 0 Å². The molecule has 26 heavy (non-hydrogen) atoms. The van der Waals surface area contributed by atoms with Crippen molar-refractivity contribution >= 4 is 20.2 Å². The average molecular weight is 402 g/mol. The van der Waals surface area contributed by atoms with E-state index >= 15 is 0 Å². The molecule has 3 rings (SSSR count). The van der Waals surface area contributed by atoms with Gasteiger partial charge in [0, 0.05) is 32.2 Å². The number of piperidine rings is 1. The highest BCUT2D eigenvalue weighted by atomic mass is 32.2. The summed E-state index contributed by atoms with van der Waals surface area (Å²) in [6.07, 6.45) is 4.95. The monoisotopic (exact) mass is 401 g/mol. The zero-order chi connectivity index (χ0) is 18.6. The van der Waals surface area contributed by atoms with E-state index in [9.17, 15) is 16.8 Å². The summed E-state index contributed by atoms with van der Waals surface area (Å²) in [4.78, 5) is 0.236. The van der Waals surface area contributed by atoms with Crippen molar-refractivity contribution in [3.63, 3.8) is 0 Å². The Bertz CT molecular complexity index is 781. The van der Waals surface area contributed by atoms with Gasteiger partial charge >= 0.3 is 0 Å². The molecular formula is C17H27N3O4S2. The van der Waals surface area contributed by atoms with Gasteiger partial charge < -0.3 is 0 Å². The molecule has 1 N–H and O–H groups in total. The number of nitrogens with one attached hydrogen (secondary N) is 1. The van der Waals surface area contributed by atoms with E-state index in [1.165, 1.54) is 4.31 Å². The zero-order valence-electron chi connectivity index (χ0n) is 14.9. The molecule has 2 aliphatic heterocycles. The SMILES string of the molecule is O=S(=O)(NC1CCN(S(=O)(=O)N2CCCCCC2)CC1)c1ccccc1. The molecule has 9 heteroatoms. The Morgan fingerprint density at radius 1 is 0.769 bits per heavy atom. The summed E-state index contributed by atoms with van der Waals surface area (Å²) in [7, 11) is -7.00. The maximum Gasteiger partial charge on any atom is 0.281 e. The molecule has 0 atom stereocenters. The van der Waals surface area contributed by atoms with Gasteiger partial charge in [0.25, 0.3) is 10.2 Å². The van der Waals surface area contributed by atoms with Crippen LogP contribution in [0, 0.1) is 0 Å². The Labute approximate surface area is 156 Å². The van der Waals surface area contributed by atoms with Gasteiger partial charge in [-0.3, -0.25) is 0 Å². The first-order valence-electron chi connectivity index (χ1n) is 9.22. The summed E-state index contributed by atoms with van der Waals surface area (Å²) in [5, 5.41) is 0. The second kappa shape index (κ2) is 8.35. The van der Waals surface area contributed by atoms with Crippen LogP contribution in [0.3, 0.4) is 0 Å². The van der Waals surface area contributed by atoms with Gasteiger partial charge in [0.1, 0.15) is 0 Å². The van der Waals surface area contributed by atoms with E-state index in [-0.39, 0.29) is 10.9 Å². The third-order valence-electron chi connectivity index (χ3n) is 5.05. The minimum absolute atomic E-state index is 0.236. The molecule has 2 saturated heterocycles. The molecule has 0 aliphatic carbocycles. The summed E-state index contributed by atoms with van der Waals surface area (Å²) >= 11 is 0. The van der Waals surface area contributed by atoms with E-state index in [1.54, 1.807) is 34.6 Å². The van der Waals surface area contributed by atoms with Crippen molar-refractivity contribution in [1.82, 2.24) is 13.3 Å². The molecule has 0 bridgehead atoms. The summed E-state index contributed by atoms with van der Waals surface area (Å²) in [5.74, 6) is 0. The van der Waals surface area contributed by atoms with Crippen molar-refractivity contribution in [3.05, 3.63) is 30.3 Å². The molecular weight excluding hydrogens is 374 g/mol. The number of benzene rings is 1. The maximum atomic E-state index is 12.8. The highest BCUT2D eigenvalue weighted by Gasteiger charge is 2.34. The summed E-state index contributed by atoms with van der Waals surface area (Å²) in [6.45, 7) is 1.87. The van der Waals surface area contributed by atoms with Gasteiger partial charge in [0.2, 0.25) is 10.0 Å². The number of hydrogen-bond donors (Lipinski definition) is 1. The zero-order valence-corrected chi connectivity index (χ0v) is 16.5. The fraction of sp³-hybridized carbons (Fsp3) is 0.647. The topological polar surface area (TPSA) is 86.8 Å². The van der Waals surface area contributed by atoms with E-state index < -0.39 is 20.2 Å². The van der Waals surface area contributed by atoms with Crippen LogP contribution in [0.25, 0.3) is 0 Å². The van der Waals surface area contributed by atoms with E-state index in [0.29, 0.717) is 39.0 Å². The third kappa shape index (κ3) is 4.64. The smallest absolute Gasteiger partial charge is 0.208 e. The summed E-state index contributed by atoms with van der Waals surface area (Å²) in [6, 6.07) is 8.01. The van der Waals surface area contributed by atoms with Gasteiger partial charge in [0.05, 0.1) is 4.90 Å². The van der Waals surface area contributed by atoms with E-state index in [0.717, 1.165) is 25.7 Å². The maximum absolute atomic E-state index is 12.8. The molecule has 0 radical (unpaired) electrons. The number of nitrogens with zero attached hydrogens (tertiary/aromatic N) is 2. The molecule has 2 fully saturated rings. The highest BCUT2D eigenvalue weighted by molar-refractivity contribution is 7.89. The molecule has 0 saturated carbocycles. The average Bonchev–Trinajstić information content (AvgIpc) is 2.93. The second-order valence-corrected chi connectivity index (χ2v) is 10.6. The van der Waals surface area contributed by atoms with Crippen molar-refractivity contribution < 1.29 is 16.8 Å². The van der Waals surface area contributed by atoms with Gasteiger partial charge in [-0.1, -0.05) is 31.0 Å². The Hall–Kier alpha value is -1.00. The fourth-order valence-corrected chi connectivity index (χ4v) is 6.57. The lowest BCUT2D eigenvalue weighted by molar-refractivity contribution is 0.281. The first-order valence-corrected chi connectivity index (χ1v) is 12.1. The Balaban J connectivity index is 1.59. The van der Waals surface area contributed by atoms with Crippen LogP contribution in [-0.4, -0.2) is 57.7 Å². The first-order chi connectivity index (χ1) is 12.4. The van der Waals surface area contributed by atoms with Crippen molar-refractivity contribution in [1.29, 1.82) is 0 Å². The van der Waals surface area contributed by atoms with Crippen LogP contribution in [0.5, 0.6) is 0 Å². The van der Waals surface area contributed by atoms with Gasteiger partial charge in [0.15, 0.2) is 0 Å². The predicted molar refractivity (Wildman–Crippen MR) is 100 cm³/mol. The molecule has 2 heterocycles.